The maximum absolute atomic E-state index is 13.3. The molecule has 0 fully saturated rings. The molecule has 0 bridgehead atoms. The fourth-order valence-electron chi connectivity index (χ4n) is 3.93. The van der Waals surface area contributed by atoms with Gasteiger partial charge in [0, 0.05) is 18.7 Å². The molecule has 0 atom stereocenters. The van der Waals surface area contributed by atoms with Crippen molar-refractivity contribution in [1.29, 1.82) is 0 Å². The molecule has 0 radical (unpaired) electrons. The van der Waals surface area contributed by atoms with Crippen LogP contribution < -0.4 is 0 Å². The highest BCUT2D eigenvalue weighted by Crippen LogP contribution is 2.24. The van der Waals surface area contributed by atoms with E-state index in [-0.39, 0.29) is 11.7 Å². The molecule has 1 aromatic heterocycles. The minimum absolute atomic E-state index is 0.131. The third-order valence-electron chi connectivity index (χ3n) is 5.49. The van der Waals surface area contributed by atoms with Gasteiger partial charge in [0.1, 0.15) is 0 Å². The summed E-state index contributed by atoms with van der Waals surface area (Å²) in [6, 6.07) is 26.2. The fourth-order valence-corrected chi connectivity index (χ4v) is 3.93. The van der Waals surface area contributed by atoms with Crippen LogP contribution >= 0.6 is 0 Å². The van der Waals surface area contributed by atoms with Crippen LogP contribution in [0.2, 0.25) is 0 Å². The van der Waals surface area contributed by atoms with Crippen LogP contribution in [0.5, 0.6) is 0 Å². The Balaban J connectivity index is 1.54. The first-order chi connectivity index (χ1) is 14.7. The number of aromatic nitrogens is 3. The van der Waals surface area contributed by atoms with Crippen LogP contribution in [0.3, 0.4) is 0 Å². The van der Waals surface area contributed by atoms with Gasteiger partial charge in [0.25, 0.3) is 5.91 Å². The predicted molar refractivity (Wildman–Crippen MR) is 116 cm³/mol. The second-order valence-electron chi connectivity index (χ2n) is 7.62. The number of hydrogen-bond donors (Lipinski definition) is 0. The van der Waals surface area contributed by atoms with Gasteiger partial charge in [-0.2, -0.15) is 0 Å². The molecule has 0 N–H and O–H groups in total. The Kier molecular flexibility index (Phi) is 4.64. The molecule has 2 heterocycles. The van der Waals surface area contributed by atoms with Crippen molar-refractivity contribution >= 4 is 5.91 Å². The van der Waals surface area contributed by atoms with Crippen LogP contribution in [0.4, 0.5) is 0 Å². The van der Waals surface area contributed by atoms with Gasteiger partial charge in [-0.05, 0) is 42.2 Å². The molecule has 0 unspecified atom stereocenters. The maximum atomic E-state index is 13.3. The number of rotatable bonds is 3. The Morgan fingerprint density at radius 1 is 0.900 bits per heavy atom. The zero-order chi connectivity index (χ0) is 20.5. The fraction of sp³-hybridized carbons (Fsp3) is 0.160. The van der Waals surface area contributed by atoms with Crippen LogP contribution in [-0.4, -0.2) is 32.1 Å². The molecule has 4 aromatic rings. The number of hydrogen-bond acceptors (Lipinski definition) is 3. The van der Waals surface area contributed by atoms with Gasteiger partial charge in [-0.1, -0.05) is 66.7 Å². The van der Waals surface area contributed by atoms with E-state index in [2.05, 4.69) is 22.2 Å². The summed E-state index contributed by atoms with van der Waals surface area (Å²) in [7, 11) is 0. The number of carbonyl (C=O) groups is 1. The highest BCUT2D eigenvalue weighted by Gasteiger charge is 2.26. The van der Waals surface area contributed by atoms with E-state index in [1.54, 1.807) is 4.68 Å². The van der Waals surface area contributed by atoms with Crippen molar-refractivity contribution in [3.05, 3.63) is 101 Å². The number of nitrogens with zero attached hydrogens (tertiary/aromatic N) is 4. The molecule has 5 nitrogen and oxygen atoms in total. The molecule has 5 rings (SSSR count). The highest BCUT2D eigenvalue weighted by atomic mass is 16.2. The van der Waals surface area contributed by atoms with Crippen molar-refractivity contribution in [2.24, 2.45) is 0 Å². The summed E-state index contributed by atoms with van der Waals surface area (Å²) >= 11 is 0. The Hall–Kier alpha value is -3.73. The summed E-state index contributed by atoms with van der Waals surface area (Å²) in [4.78, 5) is 19.8. The smallest absolute Gasteiger partial charge is 0.293 e. The maximum Gasteiger partial charge on any atom is 0.293 e. The lowest BCUT2D eigenvalue weighted by Gasteiger charge is -2.27. The second kappa shape index (κ2) is 7.59. The lowest BCUT2D eigenvalue weighted by Crippen LogP contribution is -2.36. The van der Waals surface area contributed by atoms with Gasteiger partial charge in [0.05, 0.1) is 5.69 Å². The molecule has 30 heavy (non-hydrogen) atoms. The van der Waals surface area contributed by atoms with E-state index in [4.69, 9.17) is 0 Å². The Morgan fingerprint density at radius 2 is 1.67 bits per heavy atom. The van der Waals surface area contributed by atoms with Crippen molar-refractivity contribution in [3.8, 4) is 17.1 Å². The third kappa shape index (κ3) is 3.39. The van der Waals surface area contributed by atoms with E-state index in [1.807, 2.05) is 78.6 Å². The van der Waals surface area contributed by atoms with Gasteiger partial charge in [-0.3, -0.25) is 4.79 Å². The summed E-state index contributed by atoms with van der Waals surface area (Å²) in [5.41, 5.74) is 5.45. The number of fused-ring (bicyclic) bond motifs is 1. The molecule has 3 aromatic carbocycles. The molecular formula is C25H22N4O. The molecule has 0 aliphatic carbocycles. The molecule has 1 amide bonds. The molecule has 148 valence electrons. The Labute approximate surface area is 175 Å². The Bertz CT molecular complexity index is 1210. The molecule has 0 saturated carbocycles. The lowest BCUT2D eigenvalue weighted by molar-refractivity contribution is 0.0722. The van der Waals surface area contributed by atoms with Gasteiger partial charge in [-0.15, -0.1) is 5.10 Å². The molecule has 0 saturated heterocycles. The first-order valence-corrected chi connectivity index (χ1v) is 10.1. The van der Waals surface area contributed by atoms with Crippen molar-refractivity contribution in [3.63, 3.8) is 0 Å². The van der Waals surface area contributed by atoms with Gasteiger partial charge in [0.2, 0.25) is 5.82 Å². The van der Waals surface area contributed by atoms with Crippen LogP contribution in [0.1, 0.15) is 27.3 Å². The monoisotopic (exact) mass is 394 g/mol. The highest BCUT2D eigenvalue weighted by molar-refractivity contribution is 5.91. The summed E-state index contributed by atoms with van der Waals surface area (Å²) in [6.45, 7) is 3.31. The van der Waals surface area contributed by atoms with E-state index >= 15 is 0 Å². The summed E-state index contributed by atoms with van der Waals surface area (Å²) < 4.78 is 1.77. The number of amides is 1. The van der Waals surface area contributed by atoms with Gasteiger partial charge < -0.3 is 4.90 Å². The Morgan fingerprint density at radius 3 is 2.47 bits per heavy atom. The average molecular weight is 394 g/mol. The zero-order valence-corrected chi connectivity index (χ0v) is 16.8. The first kappa shape index (κ1) is 18.3. The van der Waals surface area contributed by atoms with Crippen LogP contribution in [-0.2, 0) is 13.0 Å². The molecular weight excluding hydrogens is 372 g/mol. The van der Waals surface area contributed by atoms with Crippen molar-refractivity contribution in [2.45, 2.75) is 19.9 Å². The lowest BCUT2D eigenvalue weighted by atomic mass is 10.00. The quantitative estimate of drug-likeness (QED) is 0.516. The minimum atomic E-state index is -0.131. The molecule has 0 spiro atoms. The predicted octanol–water partition coefficient (Wildman–Crippen LogP) is 4.44. The van der Waals surface area contributed by atoms with Crippen LogP contribution in [0.15, 0.2) is 78.9 Å². The number of benzene rings is 3. The topological polar surface area (TPSA) is 51.0 Å². The van der Waals surface area contributed by atoms with E-state index in [0.717, 1.165) is 23.2 Å². The first-order valence-electron chi connectivity index (χ1n) is 10.1. The number of aryl methyl sites for hydroxylation is 1. The standard InChI is InChI=1S/C25H22N4O/c1-18-8-7-13-22(16-18)29-24(20-10-3-2-4-11-20)26-23(27-29)25(30)28-15-14-19-9-5-6-12-21(19)17-28/h2-13,16H,14-15,17H2,1H3. The molecule has 1 aliphatic heterocycles. The van der Waals surface area contributed by atoms with Gasteiger partial charge in [0.15, 0.2) is 5.82 Å². The van der Waals surface area contributed by atoms with Gasteiger partial charge >= 0.3 is 0 Å². The normalized spacial score (nSPS) is 13.2. The summed E-state index contributed by atoms with van der Waals surface area (Å²) in [5, 5.41) is 4.64. The van der Waals surface area contributed by atoms with Crippen molar-refractivity contribution in [2.75, 3.05) is 6.54 Å². The average Bonchev–Trinajstić information content (AvgIpc) is 3.24. The summed E-state index contributed by atoms with van der Waals surface area (Å²) in [5.74, 6) is 0.768. The zero-order valence-electron chi connectivity index (χ0n) is 16.8. The molecule has 1 aliphatic rings. The second-order valence-corrected chi connectivity index (χ2v) is 7.62. The van der Waals surface area contributed by atoms with E-state index < -0.39 is 0 Å². The van der Waals surface area contributed by atoms with Crippen LogP contribution in [0.25, 0.3) is 17.1 Å². The van der Waals surface area contributed by atoms with E-state index in [9.17, 15) is 4.79 Å². The van der Waals surface area contributed by atoms with Crippen molar-refractivity contribution < 1.29 is 4.79 Å². The van der Waals surface area contributed by atoms with E-state index in [0.29, 0.717) is 18.9 Å². The number of carbonyl (C=O) groups excluding carboxylic acids is 1. The summed E-state index contributed by atoms with van der Waals surface area (Å²) in [6.07, 6.45) is 0.853. The van der Waals surface area contributed by atoms with E-state index in [1.165, 1.54) is 11.1 Å². The van der Waals surface area contributed by atoms with Gasteiger partial charge in [-0.25, -0.2) is 9.67 Å². The SMILES string of the molecule is Cc1cccc(-n2nc(C(=O)N3CCc4ccccc4C3)nc2-c2ccccc2)c1. The van der Waals surface area contributed by atoms with Crippen molar-refractivity contribution in [1.82, 2.24) is 19.7 Å². The third-order valence-corrected chi connectivity index (χ3v) is 5.49. The minimum Gasteiger partial charge on any atom is -0.331 e. The van der Waals surface area contributed by atoms with Crippen LogP contribution in [0, 0.1) is 6.92 Å². The largest absolute Gasteiger partial charge is 0.331 e. The molecule has 5 heteroatoms.